The Labute approximate surface area is 166 Å². The lowest BCUT2D eigenvalue weighted by molar-refractivity contribution is 0.0761. The number of aromatic nitrogens is 2. The standard InChI is InChI=1S/C23H26N4O/c28-23(22-16-24-27(19-22)18-21-10-5-2-6-11-21)26-13-7-12-25(14-15-26)17-20-8-3-1-4-9-20/h1-6,8-11,16,19H,7,12-15,17-18H2. The highest BCUT2D eigenvalue weighted by molar-refractivity contribution is 5.93. The highest BCUT2D eigenvalue weighted by Gasteiger charge is 2.21. The number of nitrogens with zero attached hydrogens (tertiary/aromatic N) is 4. The molecule has 0 aliphatic carbocycles. The van der Waals surface area contributed by atoms with Crippen LogP contribution in [0, 0.1) is 0 Å². The van der Waals surface area contributed by atoms with E-state index < -0.39 is 0 Å². The van der Waals surface area contributed by atoms with Crippen LogP contribution in [0.25, 0.3) is 0 Å². The van der Waals surface area contributed by atoms with E-state index >= 15 is 0 Å². The summed E-state index contributed by atoms with van der Waals surface area (Å²) in [6.07, 6.45) is 4.55. The fourth-order valence-corrected chi connectivity index (χ4v) is 3.69. The number of benzene rings is 2. The Kier molecular flexibility index (Phi) is 5.83. The number of carbonyl (C=O) groups is 1. The second-order valence-corrected chi connectivity index (χ2v) is 7.32. The first kappa shape index (κ1) is 18.4. The summed E-state index contributed by atoms with van der Waals surface area (Å²) < 4.78 is 1.84. The molecule has 1 aliphatic rings. The van der Waals surface area contributed by atoms with Crippen LogP contribution in [0.3, 0.4) is 0 Å². The summed E-state index contributed by atoms with van der Waals surface area (Å²) in [6.45, 7) is 5.10. The van der Waals surface area contributed by atoms with E-state index in [0.717, 1.165) is 39.1 Å². The Morgan fingerprint density at radius 1 is 0.821 bits per heavy atom. The first-order chi connectivity index (χ1) is 13.8. The minimum absolute atomic E-state index is 0.0841. The van der Waals surface area contributed by atoms with E-state index in [4.69, 9.17) is 0 Å². The molecule has 1 aromatic heterocycles. The van der Waals surface area contributed by atoms with Gasteiger partial charge in [-0.1, -0.05) is 60.7 Å². The third-order valence-electron chi connectivity index (χ3n) is 5.19. The average molecular weight is 374 g/mol. The zero-order chi connectivity index (χ0) is 19.2. The first-order valence-electron chi connectivity index (χ1n) is 9.90. The van der Waals surface area contributed by atoms with Crippen LogP contribution in [0.4, 0.5) is 0 Å². The van der Waals surface area contributed by atoms with Crippen molar-refractivity contribution in [2.75, 3.05) is 26.2 Å². The van der Waals surface area contributed by atoms with Crippen LogP contribution in [0.1, 0.15) is 27.9 Å². The van der Waals surface area contributed by atoms with E-state index in [-0.39, 0.29) is 5.91 Å². The smallest absolute Gasteiger partial charge is 0.257 e. The molecular formula is C23H26N4O. The largest absolute Gasteiger partial charge is 0.337 e. The van der Waals surface area contributed by atoms with Crippen molar-refractivity contribution in [2.24, 2.45) is 0 Å². The minimum atomic E-state index is 0.0841. The topological polar surface area (TPSA) is 41.4 Å². The van der Waals surface area contributed by atoms with Gasteiger partial charge >= 0.3 is 0 Å². The van der Waals surface area contributed by atoms with Gasteiger partial charge in [0.1, 0.15) is 0 Å². The SMILES string of the molecule is O=C(c1cnn(Cc2ccccc2)c1)N1CCCN(Cc2ccccc2)CC1. The van der Waals surface area contributed by atoms with Crippen molar-refractivity contribution in [1.29, 1.82) is 0 Å². The molecule has 0 bridgehead atoms. The maximum atomic E-state index is 12.9. The minimum Gasteiger partial charge on any atom is -0.337 e. The van der Waals surface area contributed by atoms with Gasteiger partial charge in [-0.15, -0.1) is 0 Å². The van der Waals surface area contributed by atoms with E-state index in [1.165, 1.54) is 11.1 Å². The van der Waals surface area contributed by atoms with Gasteiger partial charge in [-0.25, -0.2) is 0 Å². The summed E-state index contributed by atoms with van der Waals surface area (Å²) in [4.78, 5) is 17.3. The van der Waals surface area contributed by atoms with E-state index in [1.807, 2.05) is 40.0 Å². The number of rotatable bonds is 5. The summed E-state index contributed by atoms with van der Waals surface area (Å²) in [5, 5.41) is 4.38. The lowest BCUT2D eigenvalue weighted by Crippen LogP contribution is -2.35. The summed E-state index contributed by atoms with van der Waals surface area (Å²) in [7, 11) is 0. The third kappa shape index (κ3) is 4.67. The molecule has 144 valence electrons. The fourth-order valence-electron chi connectivity index (χ4n) is 3.69. The molecule has 0 atom stereocenters. The molecule has 1 aliphatic heterocycles. The zero-order valence-corrected chi connectivity index (χ0v) is 16.1. The van der Waals surface area contributed by atoms with E-state index in [9.17, 15) is 4.79 Å². The van der Waals surface area contributed by atoms with Gasteiger partial charge in [0.05, 0.1) is 18.3 Å². The van der Waals surface area contributed by atoms with Gasteiger partial charge in [-0.2, -0.15) is 5.10 Å². The lowest BCUT2D eigenvalue weighted by Gasteiger charge is -2.21. The molecular weight excluding hydrogens is 348 g/mol. The number of carbonyl (C=O) groups excluding carboxylic acids is 1. The molecule has 0 spiro atoms. The fraction of sp³-hybridized carbons (Fsp3) is 0.304. The third-order valence-corrected chi connectivity index (χ3v) is 5.19. The zero-order valence-electron chi connectivity index (χ0n) is 16.1. The van der Waals surface area contributed by atoms with Gasteiger partial charge in [-0.05, 0) is 17.5 Å². The van der Waals surface area contributed by atoms with E-state index in [1.54, 1.807) is 6.20 Å². The van der Waals surface area contributed by atoms with Crippen molar-refractivity contribution in [2.45, 2.75) is 19.5 Å². The number of amides is 1. The van der Waals surface area contributed by atoms with Crippen molar-refractivity contribution >= 4 is 5.91 Å². The highest BCUT2D eigenvalue weighted by Crippen LogP contribution is 2.12. The Balaban J connectivity index is 1.35. The average Bonchev–Trinajstić information content (AvgIpc) is 3.07. The molecule has 5 heteroatoms. The van der Waals surface area contributed by atoms with Crippen molar-refractivity contribution in [3.63, 3.8) is 0 Å². The second-order valence-electron chi connectivity index (χ2n) is 7.32. The molecule has 0 radical (unpaired) electrons. The van der Waals surface area contributed by atoms with Crippen LogP contribution >= 0.6 is 0 Å². The number of hydrogen-bond acceptors (Lipinski definition) is 3. The highest BCUT2D eigenvalue weighted by atomic mass is 16.2. The molecule has 28 heavy (non-hydrogen) atoms. The van der Waals surface area contributed by atoms with Crippen molar-refractivity contribution < 1.29 is 4.79 Å². The predicted molar refractivity (Wildman–Crippen MR) is 110 cm³/mol. The first-order valence-corrected chi connectivity index (χ1v) is 9.90. The van der Waals surface area contributed by atoms with E-state index in [2.05, 4.69) is 46.4 Å². The Hall–Kier alpha value is -2.92. The molecule has 2 heterocycles. The van der Waals surface area contributed by atoms with Crippen LogP contribution in [0.2, 0.25) is 0 Å². The van der Waals surface area contributed by atoms with Crippen LogP contribution in [0.5, 0.6) is 0 Å². The van der Waals surface area contributed by atoms with E-state index in [0.29, 0.717) is 12.1 Å². The molecule has 5 nitrogen and oxygen atoms in total. The van der Waals surface area contributed by atoms with Gasteiger partial charge in [0, 0.05) is 38.9 Å². The van der Waals surface area contributed by atoms with Crippen LogP contribution in [-0.4, -0.2) is 51.7 Å². The van der Waals surface area contributed by atoms with Crippen molar-refractivity contribution in [3.8, 4) is 0 Å². The van der Waals surface area contributed by atoms with Gasteiger partial charge < -0.3 is 4.90 Å². The maximum Gasteiger partial charge on any atom is 0.257 e. The molecule has 1 saturated heterocycles. The maximum absolute atomic E-state index is 12.9. The molecule has 3 aromatic rings. The normalized spacial score (nSPS) is 15.4. The lowest BCUT2D eigenvalue weighted by atomic mass is 10.2. The Morgan fingerprint density at radius 3 is 2.21 bits per heavy atom. The molecule has 2 aromatic carbocycles. The Morgan fingerprint density at radius 2 is 1.50 bits per heavy atom. The predicted octanol–water partition coefficient (Wildman–Crippen LogP) is 3.28. The van der Waals surface area contributed by atoms with Gasteiger partial charge in [0.2, 0.25) is 0 Å². The van der Waals surface area contributed by atoms with Crippen molar-refractivity contribution in [1.82, 2.24) is 19.6 Å². The van der Waals surface area contributed by atoms with Crippen LogP contribution < -0.4 is 0 Å². The summed E-state index contributed by atoms with van der Waals surface area (Å²) in [5.74, 6) is 0.0841. The molecule has 1 fully saturated rings. The van der Waals surface area contributed by atoms with Crippen molar-refractivity contribution in [3.05, 3.63) is 89.7 Å². The molecule has 4 rings (SSSR count). The quantitative estimate of drug-likeness (QED) is 0.688. The number of hydrogen-bond donors (Lipinski definition) is 0. The molecule has 0 unspecified atom stereocenters. The monoisotopic (exact) mass is 374 g/mol. The molecule has 1 amide bonds. The van der Waals surface area contributed by atoms with Gasteiger partial charge in [0.15, 0.2) is 0 Å². The van der Waals surface area contributed by atoms with Crippen LogP contribution in [-0.2, 0) is 13.1 Å². The Bertz CT molecular complexity index is 891. The second kappa shape index (κ2) is 8.85. The summed E-state index contributed by atoms with van der Waals surface area (Å²) in [6, 6.07) is 20.7. The van der Waals surface area contributed by atoms with Crippen LogP contribution in [0.15, 0.2) is 73.1 Å². The molecule has 0 N–H and O–H groups in total. The molecule has 0 saturated carbocycles. The summed E-state index contributed by atoms with van der Waals surface area (Å²) in [5.41, 5.74) is 3.17. The van der Waals surface area contributed by atoms with Gasteiger partial charge in [-0.3, -0.25) is 14.4 Å². The van der Waals surface area contributed by atoms with Gasteiger partial charge in [0.25, 0.3) is 5.91 Å². The summed E-state index contributed by atoms with van der Waals surface area (Å²) >= 11 is 0.